The Balaban J connectivity index is 1.43. The molecule has 0 N–H and O–H groups in total. The first-order chi connectivity index (χ1) is 13.3. The van der Waals surface area contributed by atoms with Crippen molar-refractivity contribution >= 4 is 17.5 Å². The minimum absolute atomic E-state index is 0.0758. The molecule has 0 bridgehead atoms. The summed E-state index contributed by atoms with van der Waals surface area (Å²) < 4.78 is 48.7. The van der Waals surface area contributed by atoms with Crippen molar-refractivity contribution < 1.29 is 27.4 Å². The Bertz CT molecular complexity index is 790. The van der Waals surface area contributed by atoms with E-state index in [0.29, 0.717) is 36.7 Å². The molecule has 0 aliphatic carbocycles. The van der Waals surface area contributed by atoms with Crippen LogP contribution in [0.3, 0.4) is 0 Å². The Morgan fingerprint density at radius 2 is 1.82 bits per heavy atom. The number of piperidine rings is 1. The van der Waals surface area contributed by atoms with Crippen LogP contribution in [0.5, 0.6) is 11.6 Å². The van der Waals surface area contributed by atoms with E-state index >= 15 is 0 Å². The summed E-state index contributed by atoms with van der Waals surface area (Å²) in [6.07, 6.45) is -2.75. The zero-order chi connectivity index (χ0) is 20.1. The van der Waals surface area contributed by atoms with Crippen molar-refractivity contribution in [1.29, 1.82) is 0 Å². The molecule has 150 valence electrons. The van der Waals surface area contributed by atoms with E-state index in [1.54, 1.807) is 29.2 Å². The summed E-state index contributed by atoms with van der Waals surface area (Å²) in [7, 11) is 0. The number of benzene rings is 1. The summed E-state index contributed by atoms with van der Waals surface area (Å²) in [5.41, 5.74) is -0.819. The van der Waals surface area contributed by atoms with Gasteiger partial charge in [0.2, 0.25) is 5.88 Å². The molecule has 0 atom stereocenters. The smallest absolute Gasteiger partial charge is 0.417 e. The minimum Gasteiger partial charge on any atom is -0.484 e. The molecule has 0 saturated carbocycles. The fraction of sp³-hybridized carbons (Fsp3) is 0.368. The Morgan fingerprint density at radius 1 is 1.14 bits per heavy atom. The number of aromatic nitrogens is 1. The van der Waals surface area contributed by atoms with Crippen molar-refractivity contribution in [1.82, 2.24) is 9.88 Å². The zero-order valence-corrected chi connectivity index (χ0v) is 15.5. The van der Waals surface area contributed by atoms with Crippen molar-refractivity contribution in [3.05, 3.63) is 53.2 Å². The van der Waals surface area contributed by atoms with Crippen LogP contribution in [-0.4, -0.2) is 41.6 Å². The van der Waals surface area contributed by atoms with Crippen molar-refractivity contribution in [2.75, 3.05) is 19.7 Å². The van der Waals surface area contributed by atoms with Crippen molar-refractivity contribution in [2.45, 2.75) is 25.1 Å². The molecular formula is C19H18ClF3N2O3. The number of amides is 1. The number of halogens is 4. The molecule has 2 heterocycles. The highest BCUT2D eigenvalue weighted by molar-refractivity contribution is 6.30. The summed E-state index contributed by atoms with van der Waals surface area (Å²) in [4.78, 5) is 17.6. The number of carbonyl (C=O) groups excluding carboxylic acids is 1. The van der Waals surface area contributed by atoms with Crippen LogP contribution in [0.4, 0.5) is 13.2 Å². The molecular weight excluding hydrogens is 397 g/mol. The second kappa shape index (κ2) is 8.68. The molecule has 1 saturated heterocycles. The van der Waals surface area contributed by atoms with E-state index in [-0.39, 0.29) is 24.5 Å². The maximum Gasteiger partial charge on any atom is 0.417 e. The van der Waals surface area contributed by atoms with Gasteiger partial charge in [-0.05, 0) is 30.3 Å². The van der Waals surface area contributed by atoms with Gasteiger partial charge in [-0.15, -0.1) is 0 Å². The van der Waals surface area contributed by atoms with Crippen molar-refractivity contribution in [3.63, 3.8) is 0 Å². The largest absolute Gasteiger partial charge is 0.484 e. The molecule has 1 fully saturated rings. The SMILES string of the molecule is O=C(COc1ccc(Cl)cc1)N1CCC(Oc2ccc(C(F)(F)F)cn2)CC1. The highest BCUT2D eigenvalue weighted by Gasteiger charge is 2.31. The number of likely N-dealkylation sites (tertiary alicyclic amines) is 1. The maximum atomic E-state index is 12.6. The van der Waals surface area contributed by atoms with Gasteiger partial charge in [-0.3, -0.25) is 4.79 Å². The van der Waals surface area contributed by atoms with Crippen LogP contribution < -0.4 is 9.47 Å². The van der Waals surface area contributed by atoms with Gasteiger partial charge in [0, 0.05) is 43.2 Å². The topological polar surface area (TPSA) is 51.7 Å². The number of hydrogen-bond acceptors (Lipinski definition) is 4. The van der Waals surface area contributed by atoms with E-state index in [1.807, 2.05) is 0 Å². The second-order valence-corrected chi connectivity index (χ2v) is 6.76. The summed E-state index contributed by atoms with van der Waals surface area (Å²) in [6.45, 7) is 0.885. The number of hydrogen-bond donors (Lipinski definition) is 0. The molecule has 1 aliphatic rings. The Hall–Kier alpha value is -2.48. The first-order valence-electron chi connectivity index (χ1n) is 8.67. The standard InChI is InChI=1S/C19H18ClF3N2O3/c20-14-2-4-15(5-3-14)27-12-18(26)25-9-7-16(8-10-25)28-17-6-1-13(11-24-17)19(21,22)23/h1-6,11,16H,7-10,12H2. The van der Waals surface area contributed by atoms with E-state index in [4.69, 9.17) is 21.1 Å². The number of pyridine rings is 1. The molecule has 1 aromatic carbocycles. The normalized spacial score (nSPS) is 15.4. The Labute approximate surface area is 165 Å². The molecule has 0 unspecified atom stereocenters. The van der Waals surface area contributed by atoms with Crippen molar-refractivity contribution in [3.8, 4) is 11.6 Å². The van der Waals surface area contributed by atoms with Crippen molar-refractivity contribution in [2.24, 2.45) is 0 Å². The Kier molecular flexibility index (Phi) is 6.28. The van der Waals surface area contributed by atoms with Gasteiger partial charge in [0.15, 0.2) is 6.61 Å². The average Bonchev–Trinajstić information content (AvgIpc) is 2.67. The fourth-order valence-corrected chi connectivity index (χ4v) is 2.90. The molecule has 2 aromatic rings. The molecule has 0 radical (unpaired) electrons. The number of carbonyl (C=O) groups is 1. The average molecular weight is 415 g/mol. The summed E-state index contributed by atoms with van der Waals surface area (Å²) in [5, 5.41) is 0.586. The van der Waals surface area contributed by atoms with Crippen LogP contribution in [0.1, 0.15) is 18.4 Å². The molecule has 28 heavy (non-hydrogen) atoms. The monoisotopic (exact) mass is 414 g/mol. The fourth-order valence-electron chi connectivity index (χ4n) is 2.78. The van der Waals surface area contributed by atoms with E-state index in [9.17, 15) is 18.0 Å². The van der Waals surface area contributed by atoms with Gasteiger partial charge in [0.25, 0.3) is 5.91 Å². The van der Waals surface area contributed by atoms with Gasteiger partial charge in [0.1, 0.15) is 11.9 Å². The summed E-state index contributed by atoms with van der Waals surface area (Å²) in [6, 6.07) is 8.88. The van der Waals surface area contributed by atoms with E-state index < -0.39 is 11.7 Å². The third-order valence-electron chi connectivity index (χ3n) is 4.32. The number of nitrogens with zero attached hydrogens (tertiary/aromatic N) is 2. The lowest BCUT2D eigenvalue weighted by molar-refractivity contribution is -0.138. The summed E-state index contributed by atoms with van der Waals surface area (Å²) in [5.74, 6) is 0.564. The lowest BCUT2D eigenvalue weighted by Gasteiger charge is -2.31. The van der Waals surface area contributed by atoms with E-state index in [1.165, 1.54) is 6.07 Å². The van der Waals surface area contributed by atoms with Gasteiger partial charge in [0.05, 0.1) is 5.56 Å². The zero-order valence-electron chi connectivity index (χ0n) is 14.8. The van der Waals surface area contributed by atoms with Gasteiger partial charge in [-0.2, -0.15) is 13.2 Å². The minimum atomic E-state index is -4.43. The van der Waals surface area contributed by atoms with Crippen LogP contribution in [0, 0.1) is 0 Å². The first-order valence-corrected chi connectivity index (χ1v) is 9.05. The van der Waals surface area contributed by atoms with Crippen LogP contribution in [0.25, 0.3) is 0 Å². The Morgan fingerprint density at radius 3 is 2.39 bits per heavy atom. The van der Waals surface area contributed by atoms with Gasteiger partial charge >= 0.3 is 6.18 Å². The molecule has 3 rings (SSSR count). The third-order valence-corrected chi connectivity index (χ3v) is 4.57. The van der Waals surface area contributed by atoms with E-state index in [2.05, 4.69) is 4.98 Å². The van der Waals surface area contributed by atoms with E-state index in [0.717, 1.165) is 12.3 Å². The lowest BCUT2D eigenvalue weighted by Crippen LogP contribution is -2.43. The maximum absolute atomic E-state index is 12.6. The van der Waals surface area contributed by atoms with Gasteiger partial charge < -0.3 is 14.4 Å². The predicted octanol–water partition coefficient (Wildman–Crippen LogP) is 4.20. The molecule has 1 aliphatic heterocycles. The van der Waals surface area contributed by atoms with Crippen LogP contribution in [0.2, 0.25) is 5.02 Å². The van der Waals surface area contributed by atoms with Gasteiger partial charge in [-0.1, -0.05) is 11.6 Å². The van der Waals surface area contributed by atoms with Gasteiger partial charge in [-0.25, -0.2) is 4.98 Å². The van der Waals surface area contributed by atoms with Crippen LogP contribution >= 0.6 is 11.6 Å². The number of ether oxygens (including phenoxy) is 2. The number of rotatable bonds is 5. The molecule has 0 spiro atoms. The second-order valence-electron chi connectivity index (χ2n) is 6.32. The molecule has 1 aromatic heterocycles. The third kappa shape index (κ3) is 5.51. The molecule has 9 heteroatoms. The lowest BCUT2D eigenvalue weighted by atomic mass is 10.1. The van der Waals surface area contributed by atoms with Crippen LogP contribution in [-0.2, 0) is 11.0 Å². The molecule has 5 nitrogen and oxygen atoms in total. The highest BCUT2D eigenvalue weighted by Crippen LogP contribution is 2.29. The first kappa shape index (κ1) is 20.3. The van der Waals surface area contributed by atoms with Crippen LogP contribution in [0.15, 0.2) is 42.6 Å². The quantitative estimate of drug-likeness (QED) is 0.735. The number of alkyl halides is 3. The molecule has 1 amide bonds. The highest BCUT2D eigenvalue weighted by atomic mass is 35.5. The predicted molar refractivity (Wildman–Crippen MR) is 96.4 cm³/mol. The summed E-state index contributed by atoms with van der Waals surface area (Å²) >= 11 is 5.80.